The molecule has 0 saturated carbocycles. The van der Waals surface area contributed by atoms with Gasteiger partial charge in [-0.1, -0.05) is 18.2 Å². The van der Waals surface area contributed by atoms with E-state index in [4.69, 9.17) is 5.84 Å². The minimum atomic E-state index is 1.00. The molecule has 0 bridgehead atoms. The average Bonchev–Trinajstić information content (AvgIpc) is 2.60. The minimum Gasteiger partial charge on any atom is -0.245 e. The molecule has 66 valence electrons. The maximum Gasteiger partial charge on any atom is 0.0910 e. The van der Waals surface area contributed by atoms with Gasteiger partial charge >= 0.3 is 0 Å². The fourth-order valence-corrected chi connectivity index (χ4v) is 1.79. The summed E-state index contributed by atoms with van der Waals surface area (Å²) in [6, 6.07) is 0. The van der Waals surface area contributed by atoms with Crippen molar-refractivity contribution in [3.8, 4) is 0 Å². The van der Waals surface area contributed by atoms with Crippen LogP contribution in [0.5, 0.6) is 0 Å². The number of hydrogen-bond acceptors (Lipinski definition) is 3. The van der Waals surface area contributed by atoms with E-state index in [2.05, 4.69) is 23.8 Å². The van der Waals surface area contributed by atoms with Crippen molar-refractivity contribution in [2.75, 3.05) is 5.53 Å². The van der Waals surface area contributed by atoms with E-state index < -0.39 is 0 Å². The predicted octanol–water partition coefficient (Wildman–Crippen LogP) is -0.929. The largest absolute Gasteiger partial charge is 0.245 e. The Kier molecular flexibility index (Phi) is 1.13. The van der Waals surface area contributed by atoms with Crippen molar-refractivity contribution in [2.24, 2.45) is 5.84 Å². The van der Waals surface area contributed by atoms with E-state index in [1.54, 1.807) is 0 Å². The van der Waals surface area contributed by atoms with Crippen molar-refractivity contribution < 1.29 is 0 Å². The topological polar surface area (TPSA) is 46.2 Å². The van der Waals surface area contributed by atoms with Crippen LogP contribution in [0, 0.1) is 0 Å². The molecular formula is C9H10N4. The summed E-state index contributed by atoms with van der Waals surface area (Å²) in [7, 11) is 0. The highest BCUT2D eigenvalue weighted by molar-refractivity contribution is 5.58. The molecule has 0 saturated heterocycles. The number of allylic oxidation sites excluding steroid dienone is 1. The number of aromatic nitrogens is 1. The van der Waals surface area contributed by atoms with Crippen LogP contribution in [0.25, 0.3) is 18.4 Å². The van der Waals surface area contributed by atoms with Crippen molar-refractivity contribution in [1.29, 1.82) is 0 Å². The van der Waals surface area contributed by atoms with Crippen molar-refractivity contribution in [2.45, 2.75) is 6.42 Å². The number of hydrazine groups is 2. The second-order valence-corrected chi connectivity index (χ2v) is 3.23. The Morgan fingerprint density at radius 3 is 3.31 bits per heavy atom. The first-order valence-electron chi connectivity index (χ1n) is 4.25. The van der Waals surface area contributed by atoms with Gasteiger partial charge in [0.2, 0.25) is 0 Å². The molecule has 4 nitrogen and oxygen atoms in total. The van der Waals surface area contributed by atoms with Crippen molar-refractivity contribution in [1.82, 2.24) is 9.79 Å². The second-order valence-electron chi connectivity index (χ2n) is 3.23. The molecule has 3 N–H and O–H groups in total. The predicted molar refractivity (Wildman–Crippen MR) is 51.7 cm³/mol. The number of nitrogens with zero attached hydrogens (tertiary/aromatic N) is 2. The highest BCUT2D eigenvalue weighted by Gasteiger charge is 2.10. The third-order valence-corrected chi connectivity index (χ3v) is 2.35. The van der Waals surface area contributed by atoms with Gasteiger partial charge < -0.3 is 0 Å². The fourth-order valence-electron chi connectivity index (χ4n) is 1.79. The molecule has 0 spiro atoms. The van der Waals surface area contributed by atoms with Gasteiger partial charge in [-0.05, 0) is 6.42 Å². The van der Waals surface area contributed by atoms with Crippen LogP contribution in [-0.4, -0.2) is 9.79 Å². The zero-order valence-corrected chi connectivity index (χ0v) is 7.07. The maximum atomic E-state index is 5.58. The minimum absolute atomic E-state index is 1.00. The van der Waals surface area contributed by atoms with Crippen LogP contribution in [0.3, 0.4) is 0 Å². The lowest BCUT2D eigenvalue weighted by Gasteiger charge is -2.09. The van der Waals surface area contributed by atoms with E-state index in [1.165, 1.54) is 15.9 Å². The summed E-state index contributed by atoms with van der Waals surface area (Å²) in [5, 5.41) is 3.85. The SMILES string of the molecule is NN1C=c2c3c(cn2N1)C=CCC=3. The molecule has 1 aliphatic heterocycles. The molecule has 0 radical (unpaired) electrons. The van der Waals surface area contributed by atoms with Gasteiger partial charge in [-0.15, -0.1) is 0 Å². The van der Waals surface area contributed by atoms with E-state index in [0.29, 0.717) is 0 Å². The Hall–Kier alpha value is -1.68. The van der Waals surface area contributed by atoms with Gasteiger partial charge in [0.15, 0.2) is 0 Å². The summed E-state index contributed by atoms with van der Waals surface area (Å²) in [5.74, 6) is 5.58. The van der Waals surface area contributed by atoms with Gasteiger partial charge in [0.25, 0.3) is 0 Å². The number of nitrogens with one attached hydrogen (secondary N) is 1. The Balaban J connectivity index is 2.39. The average molecular weight is 174 g/mol. The monoisotopic (exact) mass is 174 g/mol. The normalized spacial score (nSPS) is 17.2. The van der Waals surface area contributed by atoms with E-state index in [9.17, 15) is 0 Å². The molecule has 1 aromatic rings. The summed E-state index contributed by atoms with van der Waals surface area (Å²) >= 11 is 0. The lowest BCUT2D eigenvalue weighted by molar-refractivity contribution is 0.473. The van der Waals surface area contributed by atoms with Crippen LogP contribution >= 0.6 is 0 Å². The van der Waals surface area contributed by atoms with E-state index in [1.807, 2.05) is 17.1 Å². The van der Waals surface area contributed by atoms with Crippen molar-refractivity contribution in [3.63, 3.8) is 0 Å². The Morgan fingerprint density at radius 1 is 1.46 bits per heavy atom. The van der Waals surface area contributed by atoms with Gasteiger partial charge in [0, 0.05) is 17.0 Å². The van der Waals surface area contributed by atoms with Crippen molar-refractivity contribution >= 4 is 18.4 Å². The molecule has 2 heterocycles. The number of fused-ring (bicyclic) bond motifs is 3. The highest BCUT2D eigenvalue weighted by Crippen LogP contribution is 2.02. The summed E-state index contributed by atoms with van der Waals surface area (Å²) in [4.78, 5) is 0. The van der Waals surface area contributed by atoms with Crippen LogP contribution in [0.15, 0.2) is 12.3 Å². The summed E-state index contributed by atoms with van der Waals surface area (Å²) < 4.78 is 1.93. The lowest BCUT2D eigenvalue weighted by Crippen LogP contribution is -2.33. The molecule has 0 amide bonds. The van der Waals surface area contributed by atoms with Gasteiger partial charge in [0.05, 0.1) is 11.5 Å². The molecule has 0 fully saturated rings. The number of nitrogens with two attached hydrogens (primary N) is 1. The first-order chi connectivity index (χ1) is 6.34. The van der Waals surface area contributed by atoms with Crippen LogP contribution in [-0.2, 0) is 0 Å². The third-order valence-electron chi connectivity index (χ3n) is 2.35. The molecule has 1 aromatic heterocycles. The smallest absolute Gasteiger partial charge is 0.0910 e. The second kappa shape index (κ2) is 2.17. The Labute approximate surface area is 75.2 Å². The van der Waals surface area contributed by atoms with Gasteiger partial charge in [-0.25, -0.2) is 21.2 Å². The summed E-state index contributed by atoms with van der Waals surface area (Å²) in [6.07, 6.45) is 11.4. The molecule has 0 aromatic carbocycles. The van der Waals surface area contributed by atoms with E-state index >= 15 is 0 Å². The van der Waals surface area contributed by atoms with Gasteiger partial charge in [-0.3, -0.25) is 0 Å². The summed E-state index contributed by atoms with van der Waals surface area (Å²) in [5.41, 5.74) is 4.22. The van der Waals surface area contributed by atoms with Crippen LogP contribution in [0.1, 0.15) is 12.0 Å². The van der Waals surface area contributed by atoms with Crippen LogP contribution < -0.4 is 21.9 Å². The van der Waals surface area contributed by atoms with Crippen LogP contribution in [0.4, 0.5) is 0 Å². The molecule has 2 aliphatic rings. The van der Waals surface area contributed by atoms with E-state index in [0.717, 1.165) is 11.8 Å². The maximum absolute atomic E-state index is 5.58. The molecule has 4 heteroatoms. The third kappa shape index (κ3) is 0.831. The van der Waals surface area contributed by atoms with Crippen molar-refractivity contribution in [3.05, 3.63) is 28.4 Å². The number of hydrogen-bond donors (Lipinski definition) is 2. The lowest BCUT2D eigenvalue weighted by atomic mass is 10.1. The molecule has 1 aliphatic carbocycles. The van der Waals surface area contributed by atoms with Crippen LogP contribution in [0.2, 0.25) is 0 Å². The Morgan fingerprint density at radius 2 is 2.38 bits per heavy atom. The van der Waals surface area contributed by atoms with Gasteiger partial charge in [-0.2, -0.15) is 0 Å². The zero-order valence-electron chi connectivity index (χ0n) is 7.07. The molecule has 13 heavy (non-hydrogen) atoms. The Bertz CT molecular complexity index is 494. The van der Waals surface area contributed by atoms with Gasteiger partial charge in [0.1, 0.15) is 0 Å². The number of rotatable bonds is 0. The zero-order chi connectivity index (χ0) is 8.84. The fraction of sp³-hybridized carbons (Fsp3) is 0.111. The first-order valence-corrected chi connectivity index (χ1v) is 4.25. The quantitative estimate of drug-likeness (QED) is 0.500. The molecule has 3 rings (SSSR count). The first kappa shape index (κ1) is 6.80. The molecule has 0 atom stereocenters. The standard InChI is InChI=1S/C9H10N4/c10-13-6-9-8-4-2-1-3-7(8)5-12(9)11-13/h1,3-6,11H,2,10H2. The van der Waals surface area contributed by atoms with E-state index in [-0.39, 0.29) is 0 Å². The molecule has 0 unspecified atom stereocenters. The summed E-state index contributed by atoms with van der Waals surface area (Å²) in [6.45, 7) is 0. The molecular weight excluding hydrogens is 164 g/mol. The highest BCUT2D eigenvalue weighted by atomic mass is 15.8.